The van der Waals surface area contributed by atoms with Gasteiger partial charge in [0, 0.05) is 12.6 Å². The highest BCUT2D eigenvalue weighted by atomic mass is 16.4. The number of oxazole rings is 1. The second kappa shape index (κ2) is 5.21. The van der Waals surface area contributed by atoms with Gasteiger partial charge < -0.3 is 14.4 Å². The van der Waals surface area contributed by atoms with Gasteiger partial charge in [-0.15, -0.1) is 0 Å². The Balaban J connectivity index is 2.12. The Morgan fingerprint density at radius 1 is 1.53 bits per heavy atom. The average Bonchev–Trinajstić information content (AvgIpc) is 2.81. The molecule has 0 atom stereocenters. The number of nitrogens with zero attached hydrogens (tertiary/aromatic N) is 2. The zero-order valence-electron chi connectivity index (χ0n) is 10.1. The summed E-state index contributed by atoms with van der Waals surface area (Å²) in [6, 6.07) is 0.880. The van der Waals surface area contributed by atoms with Crippen LogP contribution in [0.4, 0.5) is 6.01 Å². The van der Waals surface area contributed by atoms with E-state index in [2.05, 4.69) is 9.88 Å². The minimum Gasteiger partial charge on any atom is -0.476 e. The van der Waals surface area contributed by atoms with Crippen molar-refractivity contribution >= 4 is 12.0 Å². The molecule has 94 valence electrons. The molecule has 0 aliphatic heterocycles. The molecule has 1 fully saturated rings. The van der Waals surface area contributed by atoms with Gasteiger partial charge in [0.05, 0.1) is 0 Å². The summed E-state index contributed by atoms with van der Waals surface area (Å²) in [5.74, 6) is -1.04. The topological polar surface area (TPSA) is 66.6 Å². The molecular formula is C12H18N2O3. The molecule has 0 spiro atoms. The maximum atomic E-state index is 10.8. The standard InChI is InChI=1S/C12H18N2O3/c1-2-14(9-6-4-3-5-7-9)12-13-10(8-17-12)11(15)16/h8-9H,2-7H2,1H3,(H,15,16). The van der Waals surface area contributed by atoms with Crippen LogP contribution in [-0.4, -0.2) is 28.6 Å². The van der Waals surface area contributed by atoms with E-state index in [9.17, 15) is 4.79 Å². The lowest BCUT2D eigenvalue weighted by Gasteiger charge is -2.32. The van der Waals surface area contributed by atoms with Gasteiger partial charge in [-0.1, -0.05) is 19.3 Å². The van der Waals surface area contributed by atoms with E-state index in [1.807, 2.05) is 6.92 Å². The van der Waals surface area contributed by atoms with E-state index in [0.29, 0.717) is 12.1 Å². The van der Waals surface area contributed by atoms with Gasteiger partial charge in [-0.3, -0.25) is 0 Å². The molecule has 0 aromatic carbocycles. The Bertz CT molecular complexity index is 383. The molecule has 5 heteroatoms. The first kappa shape index (κ1) is 12.0. The average molecular weight is 238 g/mol. The number of carbonyl (C=O) groups is 1. The molecule has 1 aliphatic rings. The number of aromatic carboxylic acids is 1. The zero-order valence-corrected chi connectivity index (χ0v) is 10.1. The van der Waals surface area contributed by atoms with Gasteiger partial charge >= 0.3 is 5.97 Å². The smallest absolute Gasteiger partial charge is 0.357 e. The predicted octanol–water partition coefficient (Wildman–Crippen LogP) is 2.53. The minimum atomic E-state index is -1.04. The monoisotopic (exact) mass is 238 g/mol. The lowest BCUT2D eigenvalue weighted by atomic mass is 9.94. The van der Waals surface area contributed by atoms with Crippen molar-refractivity contribution < 1.29 is 14.3 Å². The summed E-state index contributed by atoms with van der Waals surface area (Å²) >= 11 is 0. The van der Waals surface area contributed by atoms with Gasteiger partial charge in [-0.25, -0.2) is 4.79 Å². The van der Waals surface area contributed by atoms with Crippen LogP contribution in [0.1, 0.15) is 49.5 Å². The molecule has 5 nitrogen and oxygen atoms in total. The first-order valence-corrected chi connectivity index (χ1v) is 6.18. The fraction of sp³-hybridized carbons (Fsp3) is 0.667. The zero-order chi connectivity index (χ0) is 12.3. The van der Waals surface area contributed by atoms with Crippen molar-refractivity contribution in [2.75, 3.05) is 11.4 Å². The number of hydrogen-bond acceptors (Lipinski definition) is 4. The van der Waals surface area contributed by atoms with Gasteiger partial charge in [-0.05, 0) is 19.8 Å². The summed E-state index contributed by atoms with van der Waals surface area (Å²) in [7, 11) is 0. The van der Waals surface area contributed by atoms with Crippen molar-refractivity contribution in [3.8, 4) is 0 Å². The van der Waals surface area contributed by atoms with Crippen LogP contribution in [0, 0.1) is 0 Å². The van der Waals surface area contributed by atoms with E-state index in [0.717, 1.165) is 19.4 Å². The maximum absolute atomic E-state index is 10.8. The normalized spacial score (nSPS) is 17.0. The van der Waals surface area contributed by atoms with Crippen LogP contribution in [0.25, 0.3) is 0 Å². The molecule has 0 unspecified atom stereocenters. The quantitative estimate of drug-likeness (QED) is 0.873. The van der Waals surface area contributed by atoms with E-state index in [1.54, 1.807) is 0 Å². The van der Waals surface area contributed by atoms with Crippen molar-refractivity contribution in [2.24, 2.45) is 0 Å². The maximum Gasteiger partial charge on any atom is 0.357 e. The first-order valence-electron chi connectivity index (χ1n) is 6.18. The van der Waals surface area contributed by atoms with Crippen LogP contribution in [0.3, 0.4) is 0 Å². The number of carboxylic acids is 1. The molecule has 1 aliphatic carbocycles. The van der Waals surface area contributed by atoms with E-state index >= 15 is 0 Å². The van der Waals surface area contributed by atoms with Gasteiger partial charge in [-0.2, -0.15) is 4.98 Å². The molecule has 17 heavy (non-hydrogen) atoms. The number of rotatable bonds is 4. The predicted molar refractivity (Wildman–Crippen MR) is 63.4 cm³/mol. The Labute approximate surface area is 100 Å². The van der Waals surface area contributed by atoms with Crippen molar-refractivity contribution in [3.63, 3.8) is 0 Å². The van der Waals surface area contributed by atoms with Crippen LogP contribution in [0.15, 0.2) is 10.7 Å². The summed E-state index contributed by atoms with van der Waals surface area (Å²) in [4.78, 5) is 16.9. The summed E-state index contributed by atoms with van der Waals surface area (Å²) in [6.07, 6.45) is 7.24. The number of carboxylic acid groups (broad SMARTS) is 1. The summed E-state index contributed by atoms with van der Waals surface area (Å²) in [6.45, 7) is 2.84. The molecule has 1 aromatic heterocycles. The molecule has 0 radical (unpaired) electrons. The van der Waals surface area contributed by atoms with E-state index < -0.39 is 5.97 Å². The number of hydrogen-bond donors (Lipinski definition) is 1. The Morgan fingerprint density at radius 3 is 2.76 bits per heavy atom. The molecule has 1 N–H and O–H groups in total. The lowest BCUT2D eigenvalue weighted by Crippen LogP contribution is -2.36. The molecular weight excluding hydrogens is 220 g/mol. The van der Waals surface area contributed by atoms with Gasteiger partial charge in [0.2, 0.25) is 0 Å². The Morgan fingerprint density at radius 2 is 2.24 bits per heavy atom. The minimum absolute atomic E-state index is 0.0192. The third kappa shape index (κ3) is 2.60. The molecule has 1 saturated carbocycles. The first-order chi connectivity index (χ1) is 8.22. The summed E-state index contributed by atoms with van der Waals surface area (Å²) < 4.78 is 5.27. The SMILES string of the molecule is CCN(c1nc(C(=O)O)co1)C1CCCCC1. The van der Waals surface area contributed by atoms with E-state index in [-0.39, 0.29) is 5.69 Å². The van der Waals surface area contributed by atoms with Crippen molar-refractivity contribution in [3.05, 3.63) is 12.0 Å². The molecule has 0 amide bonds. The van der Waals surface area contributed by atoms with Crippen molar-refractivity contribution in [1.82, 2.24) is 4.98 Å². The molecule has 0 saturated heterocycles. The largest absolute Gasteiger partial charge is 0.476 e. The second-order valence-electron chi connectivity index (χ2n) is 4.40. The molecule has 0 bridgehead atoms. The van der Waals surface area contributed by atoms with Crippen LogP contribution in [-0.2, 0) is 0 Å². The third-order valence-corrected chi connectivity index (χ3v) is 3.31. The van der Waals surface area contributed by atoms with E-state index in [1.165, 1.54) is 25.5 Å². The van der Waals surface area contributed by atoms with Crippen LogP contribution in [0.2, 0.25) is 0 Å². The van der Waals surface area contributed by atoms with Gasteiger partial charge in [0.15, 0.2) is 5.69 Å². The highest BCUT2D eigenvalue weighted by Crippen LogP contribution is 2.26. The lowest BCUT2D eigenvalue weighted by molar-refractivity contribution is 0.0690. The summed E-state index contributed by atoms with van der Waals surface area (Å²) in [5.41, 5.74) is -0.0192. The van der Waals surface area contributed by atoms with Crippen LogP contribution >= 0.6 is 0 Å². The molecule has 1 aromatic rings. The highest BCUT2D eigenvalue weighted by molar-refractivity contribution is 5.85. The fourth-order valence-corrected chi connectivity index (χ4v) is 2.44. The molecule has 2 rings (SSSR count). The van der Waals surface area contributed by atoms with Crippen LogP contribution < -0.4 is 4.90 Å². The van der Waals surface area contributed by atoms with Crippen molar-refractivity contribution in [1.29, 1.82) is 0 Å². The summed E-state index contributed by atoms with van der Waals surface area (Å²) in [5, 5.41) is 8.82. The second-order valence-corrected chi connectivity index (χ2v) is 4.40. The fourth-order valence-electron chi connectivity index (χ4n) is 2.44. The van der Waals surface area contributed by atoms with E-state index in [4.69, 9.17) is 9.52 Å². The van der Waals surface area contributed by atoms with Crippen molar-refractivity contribution in [2.45, 2.75) is 45.1 Å². The molecule has 1 heterocycles. The van der Waals surface area contributed by atoms with Gasteiger partial charge in [0.25, 0.3) is 6.01 Å². The Hall–Kier alpha value is -1.52. The van der Waals surface area contributed by atoms with Gasteiger partial charge in [0.1, 0.15) is 6.26 Å². The highest BCUT2D eigenvalue weighted by Gasteiger charge is 2.24. The number of aromatic nitrogens is 1. The number of anilines is 1. The Kier molecular flexibility index (Phi) is 3.66. The van der Waals surface area contributed by atoms with Crippen LogP contribution in [0.5, 0.6) is 0 Å². The third-order valence-electron chi connectivity index (χ3n) is 3.31.